The SMILES string of the molecule is c1ccc(-c2ccc(-c3nc(-c4ccccc4)nc(-c4cc5c6cccc(-c7ccccc7)c6sc5c5c4ccc4ccccc45)n3)cc2)cc1. The molecule has 2 heterocycles. The van der Waals surface area contributed by atoms with Crippen molar-refractivity contribution in [2.75, 3.05) is 0 Å². The van der Waals surface area contributed by atoms with Crippen LogP contribution in [0.5, 0.6) is 0 Å². The molecule has 238 valence electrons. The van der Waals surface area contributed by atoms with Crippen LogP contribution in [-0.4, -0.2) is 15.0 Å². The third-order valence-corrected chi connectivity index (χ3v) is 11.0. The number of benzene rings is 8. The number of thiophene rings is 1. The van der Waals surface area contributed by atoms with Crippen LogP contribution in [0.2, 0.25) is 0 Å². The number of rotatable bonds is 5. The Hall–Kier alpha value is -6.49. The van der Waals surface area contributed by atoms with Gasteiger partial charge in [0.1, 0.15) is 0 Å². The van der Waals surface area contributed by atoms with Crippen molar-refractivity contribution in [3.05, 3.63) is 176 Å². The fraction of sp³-hybridized carbons (Fsp3) is 0. The molecule has 10 rings (SSSR count). The van der Waals surface area contributed by atoms with Crippen LogP contribution in [-0.2, 0) is 0 Å². The highest BCUT2D eigenvalue weighted by Gasteiger charge is 2.20. The molecule has 0 atom stereocenters. The summed E-state index contributed by atoms with van der Waals surface area (Å²) in [5.41, 5.74) is 7.69. The lowest BCUT2D eigenvalue weighted by Gasteiger charge is -2.13. The van der Waals surface area contributed by atoms with Crippen LogP contribution in [0.25, 0.3) is 98.1 Å². The summed E-state index contributed by atoms with van der Waals surface area (Å²) in [4.78, 5) is 15.5. The maximum atomic E-state index is 5.25. The number of hydrogen-bond donors (Lipinski definition) is 0. The van der Waals surface area contributed by atoms with E-state index in [9.17, 15) is 0 Å². The van der Waals surface area contributed by atoms with E-state index in [0.29, 0.717) is 17.5 Å². The minimum Gasteiger partial charge on any atom is -0.208 e. The highest BCUT2D eigenvalue weighted by atomic mass is 32.1. The second-order valence-corrected chi connectivity index (χ2v) is 13.8. The molecule has 0 saturated carbocycles. The topological polar surface area (TPSA) is 38.7 Å². The van der Waals surface area contributed by atoms with E-state index < -0.39 is 0 Å². The van der Waals surface area contributed by atoms with Crippen molar-refractivity contribution in [1.29, 1.82) is 0 Å². The molecule has 4 heteroatoms. The first-order valence-corrected chi connectivity index (χ1v) is 17.9. The minimum atomic E-state index is 0.647. The second-order valence-electron chi connectivity index (χ2n) is 12.8. The predicted molar refractivity (Wildman–Crippen MR) is 215 cm³/mol. The van der Waals surface area contributed by atoms with Crippen molar-refractivity contribution < 1.29 is 0 Å². The monoisotopic (exact) mass is 667 g/mol. The Balaban J connectivity index is 1.26. The van der Waals surface area contributed by atoms with Crippen molar-refractivity contribution in [3.8, 4) is 56.4 Å². The molecule has 0 N–H and O–H groups in total. The van der Waals surface area contributed by atoms with Gasteiger partial charge in [0.25, 0.3) is 0 Å². The summed E-state index contributed by atoms with van der Waals surface area (Å²) < 4.78 is 2.56. The van der Waals surface area contributed by atoms with Gasteiger partial charge in [-0.15, -0.1) is 11.3 Å². The number of fused-ring (bicyclic) bond motifs is 7. The zero-order chi connectivity index (χ0) is 33.7. The molecule has 0 bridgehead atoms. The lowest BCUT2D eigenvalue weighted by atomic mass is 9.94. The van der Waals surface area contributed by atoms with E-state index in [2.05, 4.69) is 152 Å². The van der Waals surface area contributed by atoms with Crippen LogP contribution >= 0.6 is 11.3 Å². The van der Waals surface area contributed by atoms with Crippen LogP contribution in [0, 0.1) is 0 Å². The van der Waals surface area contributed by atoms with Crippen molar-refractivity contribution in [3.63, 3.8) is 0 Å². The lowest BCUT2D eigenvalue weighted by Crippen LogP contribution is -2.00. The summed E-state index contributed by atoms with van der Waals surface area (Å²) in [5.74, 6) is 1.96. The standard InChI is InChI=1S/C47H29N3S/c1-4-13-30(14-5-1)31-23-25-35(26-24-31)46-48-45(34-18-8-3-9-19-34)49-47(50-46)41-29-40-39-22-12-21-37(32-15-6-2-7-16-32)43(39)51-44(40)42-36-20-11-10-17-33(36)27-28-38(41)42/h1-29H. The van der Waals surface area contributed by atoms with Gasteiger partial charge in [-0.05, 0) is 44.5 Å². The minimum absolute atomic E-state index is 0.647. The molecule has 0 aliphatic carbocycles. The van der Waals surface area contributed by atoms with E-state index in [1.165, 1.54) is 53.0 Å². The summed E-state index contributed by atoms with van der Waals surface area (Å²) in [6, 6.07) is 62.0. The van der Waals surface area contributed by atoms with E-state index in [-0.39, 0.29) is 0 Å². The molecular weight excluding hydrogens is 639 g/mol. The molecule has 0 unspecified atom stereocenters. The highest BCUT2D eigenvalue weighted by molar-refractivity contribution is 7.27. The van der Waals surface area contributed by atoms with E-state index in [1.54, 1.807) is 0 Å². The van der Waals surface area contributed by atoms with Gasteiger partial charge in [0, 0.05) is 42.2 Å². The van der Waals surface area contributed by atoms with Crippen molar-refractivity contribution >= 4 is 53.1 Å². The second kappa shape index (κ2) is 12.1. The summed E-state index contributed by atoms with van der Waals surface area (Å²) in [6.07, 6.45) is 0. The zero-order valence-corrected chi connectivity index (χ0v) is 28.3. The Morgan fingerprint density at radius 3 is 1.59 bits per heavy atom. The average molecular weight is 668 g/mol. The van der Waals surface area contributed by atoms with Gasteiger partial charge >= 0.3 is 0 Å². The molecule has 0 radical (unpaired) electrons. The molecule has 0 saturated heterocycles. The number of hydrogen-bond acceptors (Lipinski definition) is 4. The fourth-order valence-electron chi connectivity index (χ4n) is 7.24. The summed E-state index contributed by atoms with van der Waals surface area (Å²) in [6.45, 7) is 0. The lowest BCUT2D eigenvalue weighted by molar-refractivity contribution is 1.08. The van der Waals surface area contributed by atoms with Crippen LogP contribution in [0.4, 0.5) is 0 Å². The summed E-state index contributed by atoms with van der Waals surface area (Å²) >= 11 is 1.88. The van der Waals surface area contributed by atoms with E-state index >= 15 is 0 Å². The zero-order valence-electron chi connectivity index (χ0n) is 27.5. The molecule has 10 aromatic rings. The fourth-order valence-corrected chi connectivity index (χ4v) is 8.63. The molecule has 2 aromatic heterocycles. The maximum Gasteiger partial charge on any atom is 0.164 e. The molecule has 0 spiro atoms. The first-order chi connectivity index (χ1) is 25.3. The van der Waals surface area contributed by atoms with Crippen LogP contribution in [0.3, 0.4) is 0 Å². The van der Waals surface area contributed by atoms with Gasteiger partial charge < -0.3 is 0 Å². The van der Waals surface area contributed by atoms with Crippen molar-refractivity contribution in [2.45, 2.75) is 0 Å². The molecule has 3 nitrogen and oxygen atoms in total. The first kappa shape index (κ1) is 29.4. The molecule has 0 fully saturated rings. The quantitative estimate of drug-likeness (QED) is 0.171. The maximum absolute atomic E-state index is 5.25. The van der Waals surface area contributed by atoms with Gasteiger partial charge in [-0.2, -0.15) is 0 Å². The third-order valence-electron chi connectivity index (χ3n) is 9.73. The highest BCUT2D eigenvalue weighted by Crippen LogP contribution is 2.47. The van der Waals surface area contributed by atoms with Crippen molar-refractivity contribution in [1.82, 2.24) is 15.0 Å². The molecule has 0 aliphatic rings. The number of aromatic nitrogens is 3. The first-order valence-electron chi connectivity index (χ1n) is 17.1. The average Bonchev–Trinajstić information content (AvgIpc) is 3.60. The molecule has 0 aliphatic heterocycles. The van der Waals surface area contributed by atoms with Gasteiger partial charge in [0.05, 0.1) is 0 Å². The van der Waals surface area contributed by atoms with Crippen LogP contribution in [0.15, 0.2) is 176 Å². The smallest absolute Gasteiger partial charge is 0.164 e. The Labute approximate surface area is 299 Å². The Bertz CT molecular complexity index is 2880. The molecule has 8 aromatic carbocycles. The Morgan fingerprint density at radius 2 is 0.863 bits per heavy atom. The number of nitrogens with zero attached hydrogens (tertiary/aromatic N) is 3. The van der Waals surface area contributed by atoms with E-state index in [0.717, 1.165) is 27.6 Å². The van der Waals surface area contributed by atoms with Gasteiger partial charge in [-0.3, -0.25) is 0 Å². The summed E-state index contributed by atoms with van der Waals surface area (Å²) in [7, 11) is 0. The molecule has 0 amide bonds. The van der Waals surface area contributed by atoms with E-state index in [4.69, 9.17) is 15.0 Å². The van der Waals surface area contributed by atoms with Gasteiger partial charge in [0.2, 0.25) is 0 Å². The Morgan fingerprint density at radius 1 is 0.314 bits per heavy atom. The predicted octanol–water partition coefficient (Wildman–Crippen LogP) is 12.9. The molecular formula is C47H29N3S. The van der Waals surface area contributed by atoms with Gasteiger partial charge in [-0.1, -0.05) is 170 Å². The van der Waals surface area contributed by atoms with Crippen molar-refractivity contribution in [2.24, 2.45) is 0 Å². The van der Waals surface area contributed by atoms with Gasteiger partial charge in [0.15, 0.2) is 17.5 Å². The summed E-state index contributed by atoms with van der Waals surface area (Å²) in [5, 5.41) is 7.25. The van der Waals surface area contributed by atoms with Gasteiger partial charge in [-0.25, -0.2) is 15.0 Å². The van der Waals surface area contributed by atoms with E-state index in [1.807, 2.05) is 35.6 Å². The Kier molecular flexibility index (Phi) is 7.00. The molecule has 51 heavy (non-hydrogen) atoms. The largest absolute Gasteiger partial charge is 0.208 e. The third kappa shape index (κ3) is 5.08. The van der Waals surface area contributed by atoms with Crippen LogP contribution in [0.1, 0.15) is 0 Å². The van der Waals surface area contributed by atoms with Crippen LogP contribution < -0.4 is 0 Å². The normalized spacial score (nSPS) is 11.5.